The van der Waals surface area contributed by atoms with E-state index in [9.17, 15) is 8.42 Å². The van der Waals surface area contributed by atoms with Gasteiger partial charge in [0.15, 0.2) is 0 Å². The van der Waals surface area contributed by atoms with Gasteiger partial charge in [0.05, 0.1) is 4.90 Å². The van der Waals surface area contributed by atoms with E-state index in [1.54, 1.807) is 12.1 Å². The summed E-state index contributed by atoms with van der Waals surface area (Å²) in [6.07, 6.45) is 0. The molecule has 0 aliphatic carbocycles. The highest BCUT2D eigenvalue weighted by Gasteiger charge is 2.27. The summed E-state index contributed by atoms with van der Waals surface area (Å²) in [7, 11) is -3.50. The van der Waals surface area contributed by atoms with Crippen LogP contribution in [0.5, 0.6) is 0 Å². The minimum Gasteiger partial charge on any atom is -0.313 e. The Bertz CT molecular complexity index is 574. The summed E-state index contributed by atoms with van der Waals surface area (Å²) in [5, 5.41) is 3.23. The van der Waals surface area contributed by atoms with Gasteiger partial charge in [0.1, 0.15) is 0 Å². The van der Waals surface area contributed by atoms with Gasteiger partial charge in [-0.2, -0.15) is 0 Å². The summed E-state index contributed by atoms with van der Waals surface area (Å²) in [6.45, 7) is 13.4. The Morgan fingerprint density at radius 3 is 2.38 bits per heavy atom. The minimum absolute atomic E-state index is 0.123. The molecule has 0 bridgehead atoms. The lowest BCUT2D eigenvalue weighted by atomic mass is 9.89. The molecule has 1 unspecified atom stereocenters. The standard InChI is InChI=1S/C16H28N2O2S/c1-7-17-11-14-9-8-10-15(12(14)2)21(19,20)18-13(3)16(4,5)6/h8-10,13,17-18H,7,11H2,1-6H3. The first kappa shape index (κ1) is 18.1. The predicted molar refractivity (Wildman–Crippen MR) is 87.8 cm³/mol. The zero-order valence-electron chi connectivity index (χ0n) is 13.9. The molecule has 0 heterocycles. The van der Waals surface area contributed by atoms with E-state index in [1.165, 1.54) is 0 Å². The molecule has 0 aliphatic heterocycles. The number of rotatable bonds is 6. The number of nitrogens with one attached hydrogen (secondary N) is 2. The fourth-order valence-electron chi connectivity index (χ4n) is 1.88. The summed E-state index contributed by atoms with van der Waals surface area (Å²) in [5.41, 5.74) is 1.71. The zero-order valence-corrected chi connectivity index (χ0v) is 14.8. The van der Waals surface area contributed by atoms with Crippen LogP contribution in [0.15, 0.2) is 23.1 Å². The third-order valence-electron chi connectivity index (χ3n) is 3.88. The Hall–Kier alpha value is -0.910. The van der Waals surface area contributed by atoms with Crippen LogP contribution >= 0.6 is 0 Å². The lowest BCUT2D eigenvalue weighted by molar-refractivity contribution is 0.317. The van der Waals surface area contributed by atoms with E-state index < -0.39 is 10.0 Å². The van der Waals surface area contributed by atoms with E-state index in [-0.39, 0.29) is 11.5 Å². The van der Waals surface area contributed by atoms with Crippen LogP contribution in [0.3, 0.4) is 0 Å². The fourth-order valence-corrected chi connectivity index (χ4v) is 3.61. The van der Waals surface area contributed by atoms with Crippen LogP contribution in [0.1, 0.15) is 45.7 Å². The molecule has 0 fully saturated rings. The third kappa shape index (κ3) is 4.80. The van der Waals surface area contributed by atoms with Crippen LogP contribution in [0.4, 0.5) is 0 Å². The molecule has 2 N–H and O–H groups in total. The molecular formula is C16H28N2O2S. The van der Waals surface area contributed by atoms with Crippen molar-refractivity contribution in [3.05, 3.63) is 29.3 Å². The summed E-state index contributed by atoms with van der Waals surface area (Å²) in [4.78, 5) is 0.369. The highest BCUT2D eigenvalue weighted by atomic mass is 32.2. The second kappa shape index (κ2) is 6.90. The maximum Gasteiger partial charge on any atom is 0.241 e. The van der Waals surface area contributed by atoms with Crippen LogP contribution < -0.4 is 10.0 Å². The summed E-state index contributed by atoms with van der Waals surface area (Å²) < 4.78 is 28.0. The molecule has 5 heteroatoms. The van der Waals surface area contributed by atoms with Crippen LogP contribution in [-0.2, 0) is 16.6 Å². The van der Waals surface area contributed by atoms with Crippen molar-refractivity contribution in [2.45, 2.75) is 59.0 Å². The smallest absolute Gasteiger partial charge is 0.241 e. The number of hydrogen-bond acceptors (Lipinski definition) is 3. The summed E-state index contributed by atoms with van der Waals surface area (Å²) in [6, 6.07) is 5.29. The van der Waals surface area contributed by atoms with Crippen LogP contribution in [0.2, 0.25) is 0 Å². The van der Waals surface area contributed by atoms with Gasteiger partial charge in [-0.15, -0.1) is 0 Å². The van der Waals surface area contributed by atoms with Gasteiger partial charge in [0.2, 0.25) is 10.0 Å². The Morgan fingerprint density at radius 1 is 1.24 bits per heavy atom. The van der Waals surface area contributed by atoms with Gasteiger partial charge >= 0.3 is 0 Å². The molecule has 0 aliphatic rings. The van der Waals surface area contributed by atoms with Crippen molar-refractivity contribution < 1.29 is 8.42 Å². The first-order valence-corrected chi connectivity index (χ1v) is 8.89. The lowest BCUT2D eigenvalue weighted by Gasteiger charge is -2.28. The van der Waals surface area contributed by atoms with E-state index in [4.69, 9.17) is 0 Å². The fraction of sp³-hybridized carbons (Fsp3) is 0.625. The van der Waals surface area contributed by atoms with Gasteiger partial charge in [0, 0.05) is 12.6 Å². The summed E-state index contributed by atoms with van der Waals surface area (Å²) >= 11 is 0. The van der Waals surface area contributed by atoms with Crippen molar-refractivity contribution in [1.82, 2.24) is 10.0 Å². The Morgan fingerprint density at radius 2 is 1.86 bits per heavy atom. The highest BCUT2D eigenvalue weighted by Crippen LogP contribution is 2.23. The quantitative estimate of drug-likeness (QED) is 0.849. The van der Waals surface area contributed by atoms with Gasteiger partial charge in [-0.25, -0.2) is 13.1 Å². The summed E-state index contributed by atoms with van der Waals surface area (Å²) in [5.74, 6) is 0. The van der Waals surface area contributed by atoms with Crippen LogP contribution in [0, 0.1) is 12.3 Å². The molecule has 1 aromatic carbocycles. The molecule has 0 aromatic heterocycles. The molecule has 1 atom stereocenters. The van der Waals surface area contributed by atoms with E-state index in [0.717, 1.165) is 17.7 Å². The van der Waals surface area contributed by atoms with E-state index in [2.05, 4.69) is 10.0 Å². The van der Waals surface area contributed by atoms with Gasteiger partial charge in [-0.1, -0.05) is 39.8 Å². The first-order chi connectivity index (χ1) is 9.59. The van der Waals surface area contributed by atoms with Crippen molar-refractivity contribution in [3.8, 4) is 0 Å². The van der Waals surface area contributed by atoms with E-state index >= 15 is 0 Å². The molecule has 0 spiro atoms. The number of benzene rings is 1. The van der Waals surface area contributed by atoms with Gasteiger partial charge in [-0.05, 0) is 43.0 Å². The molecule has 1 rings (SSSR count). The molecule has 0 saturated carbocycles. The largest absolute Gasteiger partial charge is 0.313 e. The Kier molecular flexibility index (Phi) is 5.96. The van der Waals surface area contributed by atoms with Crippen molar-refractivity contribution in [2.75, 3.05) is 6.54 Å². The van der Waals surface area contributed by atoms with Crippen LogP contribution in [-0.4, -0.2) is 21.0 Å². The van der Waals surface area contributed by atoms with E-state index in [0.29, 0.717) is 11.4 Å². The van der Waals surface area contributed by atoms with Crippen molar-refractivity contribution in [1.29, 1.82) is 0 Å². The normalized spacial score (nSPS) is 14.2. The molecule has 1 aromatic rings. The average Bonchev–Trinajstić information content (AvgIpc) is 2.35. The molecule has 0 radical (unpaired) electrons. The minimum atomic E-state index is -3.50. The molecule has 0 saturated heterocycles. The maximum absolute atomic E-state index is 12.6. The monoisotopic (exact) mass is 312 g/mol. The number of sulfonamides is 1. The van der Waals surface area contributed by atoms with Crippen molar-refractivity contribution >= 4 is 10.0 Å². The first-order valence-electron chi connectivity index (χ1n) is 7.41. The van der Waals surface area contributed by atoms with Gasteiger partial charge < -0.3 is 5.32 Å². The SMILES string of the molecule is CCNCc1cccc(S(=O)(=O)NC(C)C(C)(C)C)c1C. The van der Waals surface area contributed by atoms with Gasteiger partial charge in [-0.3, -0.25) is 0 Å². The molecule has 120 valence electrons. The second-order valence-corrected chi connectivity index (χ2v) is 8.21. The molecular weight excluding hydrogens is 284 g/mol. The zero-order chi connectivity index (χ0) is 16.3. The lowest BCUT2D eigenvalue weighted by Crippen LogP contribution is -2.41. The Balaban J connectivity index is 3.09. The van der Waals surface area contributed by atoms with Crippen LogP contribution in [0.25, 0.3) is 0 Å². The van der Waals surface area contributed by atoms with Gasteiger partial charge in [0.25, 0.3) is 0 Å². The van der Waals surface area contributed by atoms with Crippen molar-refractivity contribution in [2.24, 2.45) is 5.41 Å². The Labute approximate surface area is 129 Å². The maximum atomic E-state index is 12.6. The highest BCUT2D eigenvalue weighted by molar-refractivity contribution is 7.89. The topological polar surface area (TPSA) is 58.2 Å². The predicted octanol–water partition coefficient (Wildman–Crippen LogP) is 2.82. The molecule has 0 amide bonds. The second-order valence-electron chi connectivity index (χ2n) is 6.53. The number of hydrogen-bond donors (Lipinski definition) is 2. The third-order valence-corrected chi connectivity index (χ3v) is 5.57. The molecule has 4 nitrogen and oxygen atoms in total. The van der Waals surface area contributed by atoms with E-state index in [1.807, 2.05) is 47.6 Å². The van der Waals surface area contributed by atoms with Crippen molar-refractivity contribution in [3.63, 3.8) is 0 Å². The average molecular weight is 312 g/mol. The molecule has 21 heavy (non-hydrogen) atoms.